The van der Waals surface area contributed by atoms with Crippen molar-refractivity contribution in [2.24, 2.45) is 0 Å². The Balaban J connectivity index is 1.09. The van der Waals surface area contributed by atoms with Crippen molar-refractivity contribution in [3.8, 4) is 11.8 Å². The van der Waals surface area contributed by atoms with Crippen LogP contribution < -0.4 is 4.90 Å². The number of benzene rings is 8. The molecule has 9 aromatic rings. The van der Waals surface area contributed by atoms with E-state index in [4.69, 9.17) is 0 Å². The van der Waals surface area contributed by atoms with E-state index in [1.54, 1.807) is 24.3 Å². The van der Waals surface area contributed by atoms with Gasteiger partial charge in [0.15, 0.2) is 0 Å². The summed E-state index contributed by atoms with van der Waals surface area (Å²) in [6.07, 6.45) is 4.40. The van der Waals surface area contributed by atoms with E-state index in [-0.39, 0.29) is 5.82 Å². The molecule has 9 rings (SSSR count). The van der Waals surface area contributed by atoms with Gasteiger partial charge in [-0.15, -0.1) is 0 Å². The third-order valence-corrected chi connectivity index (χ3v) is 9.41. The Kier molecular flexibility index (Phi) is 6.71. The third-order valence-electron chi connectivity index (χ3n) is 9.41. The topological polar surface area (TPSA) is 32.0 Å². The standard InChI is InChI=1S/C45H28FN3/c46-36-18-23-39(24-19-36)48(38-20-11-31(29-47)12-21-38)40-22-15-34-27-30(10-14-35(34)28-40)9-13-32-17-26-43-45-41(32)25-16-33-5-4-8-42(44(33)45)49(43)37-6-2-1-3-7-37/h1-28H/b13-9+. The summed E-state index contributed by atoms with van der Waals surface area (Å²) in [7, 11) is 0. The van der Waals surface area contributed by atoms with Crippen molar-refractivity contribution in [2.75, 3.05) is 4.90 Å². The zero-order valence-electron chi connectivity index (χ0n) is 26.4. The molecule has 0 aliphatic carbocycles. The zero-order valence-corrected chi connectivity index (χ0v) is 26.4. The van der Waals surface area contributed by atoms with E-state index in [1.165, 1.54) is 50.3 Å². The maximum Gasteiger partial charge on any atom is 0.123 e. The fourth-order valence-corrected chi connectivity index (χ4v) is 7.11. The highest BCUT2D eigenvalue weighted by Gasteiger charge is 2.18. The molecule has 0 spiro atoms. The fourth-order valence-electron chi connectivity index (χ4n) is 7.11. The molecule has 0 bridgehead atoms. The molecule has 0 fully saturated rings. The Labute approximate surface area is 283 Å². The Morgan fingerprint density at radius 2 is 1.24 bits per heavy atom. The van der Waals surface area contributed by atoms with Crippen LogP contribution in [0.3, 0.4) is 0 Å². The second-order valence-corrected chi connectivity index (χ2v) is 12.3. The average Bonchev–Trinajstić information content (AvgIpc) is 3.50. The highest BCUT2D eigenvalue weighted by Crippen LogP contribution is 2.41. The highest BCUT2D eigenvalue weighted by molar-refractivity contribution is 6.25. The van der Waals surface area contributed by atoms with Crippen LogP contribution in [-0.4, -0.2) is 4.57 Å². The number of fused-ring (bicyclic) bond motifs is 1. The minimum atomic E-state index is -0.286. The Hall–Kier alpha value is -6.70. The van der Waals surface area contributed by atoms with Crippen LogP contribution in [0.2, 0.25) is 0 Å². The van der Waals surface area contributed by atoms with E-state index in [1.807, 2.05) is 12.1 Å². The van der Waals surface area contributed by atoms with E-state index >= 15 is 0 Å². The van der Waals surface area contributed by atoms with Gasteiger partial charge in [-0.2, -0.15) is 5.26 Å². The van der Waals surface area contributed by atoms with E-state index in [2.05, 4.69) is 137 Å². The smallest absolute Gasteiger partial charge is 0.123 e. The van der Waals surface area contributed by atoms with Crippen LogP contribution >= 0.6 is 0 Å². The minimum Gasteiger partial charge on any atom is -0.310 e. The first-order chi connectivity index (χ1) is 24.1. The van der Waals surface area contributed by atoms with Crippen LogP contribution in [0, 0.1) is 17.1 Å². The third kappa shape index (κ3) is 4.88. The summed E-state index contributed by atoms with van der Waals surface area (Å²) >= 11 is 0. The van der Waals surface area contributed by atoms with Crippen molar-refractivity contribution < 1.29 is 4.39 Å². The number of halogens is 1. The molecule has 0 saturated carbocycles. The van der Waals surface area contributed by atoms with Gasteiger partial charge in [0, 0.05) is 33.5 Å². The number of para-hydroxylation sites is 1. The maximum absolute atomic E-state index is 13.8. The summed E-state index contributed by atoms with van der Waals surface area (Å²) in [6.45, 7) is 0. The lowest BCUT2D eigenvalue weighted by atomic mass is 9.97. The average molecular weight is 630 g/mol. The molecular formula is C45H28FN3. The van der Waals surface area contributed by atoms with E-state index in [0.29, 0.717) is 5.56 Å². The van der Waals surface area contributed by atoms with Gasteiger partial charge in [-0.1, -0.05) is 78.9 Å². The predicted octanol–water partition coefficient (Wildman–Crippen LogP) is 12.2. The quantitative estimate of drug-likeness (QED) is 0.135. The van der Waals surface area contributed by atoms with Crippen molar-refractivity contribution in [1.29, 1.82) is 5.26 Å². The second-order valence-electron chi connectivity index (χ2n) is 12.3. The van der Waals surface area contributed by atoms with Crippen LogP contribution in [0.15, 0.2) is 158 Å². The fraction of sp³-hybridized carbons (Fsp3) is 0. The molecule has 0 saturated heterocycles. The van der Waals surface area contributed by atoms with E-state index in [0.717, 1.165) is 39.1 Å². The number of nitriles is 1. The molecule has 0 amide bonds. The molecule has 230 valence electrons. The van der Waals surface area contributed by atoms with Crippen LogP contribution in [0.25, 0.3) is 61.2 Å². The molecule has 3 nitrogen and oxygen atoms in total. The molecule has 0 unspecified atom stereocenters. The largest absolute Gasteiger partial charge is 0.310 e. The van der Waals surface area contributed by atoms with Gasteiger partial charge in [-0.05, 0) is 124 Å². The predicted molar refractivity (Wildman–Crippen MR) is 202 cm³/mol. The van der Waals surface area contributed by atoms with Crippen molar-refractivity contribution in [3.63, 3.8) is 0 Å². The Morgan fingerprint density at radius 1 is 0.551 bits per heavy atom. The summed E-state index contributed by atoms with van der Waals surface area (Å²) in [5.74, 6) is -0.286. The lowest BCUT2D eigenvalue weighted by molar-refractivity contribution is 0.628. The number of hydrogen-bond acceptors (Lipinski definition) is 2. The molecule has 1 aromatic heterocycles. The molecule has 49 heavy (non-hydrogen) atoms. The highest BCUT2D eigenvalue weighted by atomic mass is 19.1. The molecule has 0 radical (unpaired) electrons. The van der Waals surface area contributed by atoms with Gasteiger partial charge in [-0.25, -0.2) is 4.39 Å². The van der Waals surface area contributed by atoms with Gasteiger partial charge in [-0.3, -0.25) is 0 Å². The molecule has 1 heterocycles. The van der Waals surface area contributed by atoms with Gasteiger partial charge in [0.1, 0.15) is 5.82 Å². The molecule has 0 atom stereocenters. The summed E-state index contributed by atoms with van der Waals surface area (Å²) in [5, 5.41) is 16.6. The second kappa shape index (κ2) is 11.5. The monoisotopic (exact) mass is 629 g/mol. The number of aromatic nitrogens is 1. The van der Waals surface area contributed by atoms with Crippen LogP contribution in [0.5, 0.6) is 0 Å². The van der Waals surface area contributed by atoms with Gasteiger partial charge in [0.2, 0.25) is 0 Å². The van der Waals surface area contributed by atoms with Crippen LogP contribution in [-0.2, 0) is 0 Å². The number of anilines is 3. The van der Waals surface area contributed by atoms with Crippen molar-refractivity contribution >= 4 is 72.6 Å². The summed E-state index contributed by atoms with van der Waals surface area (Å²) in [4.78, 5) is 2.07. The van der Waals surface area contributed by atoms with Crippen molar-refractivity contribution in [2.45, 2.75) is 0 Å². The van der Waals surface area contributed by atoms with Gasteiger partial charge in [0.25, 0.3) is 0 Å². The summed E-state index contributed by atoms with van der Waals surface area (Å²) < 4.78 is 16.2. The number of rotatable bonds is 6. The summed E-state index contributed by atoms with van der Waals surface area (Å²) in [6, 6.07) is 55.0. The Bertz CT molecular complexity index is 2720. The molecule has 4 heteroatoms. The SMILES string of the molecule is N#Cc1ccc(N(c2ccc(F)cc2)c2ccc3cc(/C=C/c4ccc5c6c4ccc4cccc(c46)n5-c4ccccc4)ccc3c2)cc1. The first-order valence-corrected chi connectivity index (χ1v) is 16.3. The Morgan fingerprint density at radius 3 is 2.04 bits per heavy atom. The summed E-state index contributed by atoms with van der Waals surface area (Å²) in [5.41, 5.74) is 9.13. The zero-order chi connectivity index (χ0) is 32.9. The van der Waals surface area contributed by atoms with E-state index < -0.39 is 0 Å². The van der Waals surface area contributed by atoms with Crippen LogP contribution in [0.1, 0.15) is 16.7 Å². The minimum absolute atomic E-state index is 0.286. The lowest BCUT2D eigenvalue weighted by Crippen LogP contribution is -2.10. The molecule has 8 aromatic carbocycles. The maximum atomic E-state index is 13.8. The number of nitrogens with zero attached hydrogens (tertiary/aromatic N) is 3. The molecule has 0 aliphatic rings. The van der Waals surface area contributed by atoms with Gasteiger partial charge < -0.3 is 9.47 Å². The van der Waals surface area contributed by atoms with E-state index in [9.17, 15) is 9.65 Å². The first-order valence-electron chi connectivity index (χ1n) is 16.3. The lowest BCUT2D eigenvalue weighted by Gasteiger charge is -2.26. The van der Waals surface area contributed by atoms with Gasteiger partial charge >= 0.3 is 0 Å². The molecule has 0 N–H and O–H groups in total. The first kappa shape index (κ1) is 28.5. The molecular weight excluding hydrogens is 602 g/mol. The van der Waals surface area contributed by atoms with Crippen molar-refractivity contribution in [3.05, 3.63) is 180 Å². The number of hydrogen-bond donors (Lipinski definition) is 0. The van der Waals surface area contributed by atoms with Crippen molar-refractivity contribution in [1.82, 2.24) is 4.57 Å². The van der Waals surface area contributed by atoms with Crippen LogP contribution in [0.4, 0.5) is 21.5 Å². The molecule has 0 aliphatic heterocycles. The normalized spacial score (nSPS) is 11.7. The van der Waals surface area contributed by atoms with Gasteiger partial charge in [0.05, 0.1) is 22.7 Å².